The lowest BCUT2D eigenvalue weighted by Gasteiger charge is -2.33. The number of alkyl halides is 1. The van der Waals surface area contributed by atoms with Crippen LogP contribution in [0.25, 0.3) is 0 Å². The van der Waals surface area contributed by atoms with E-state index in [4.69, 9.17) is 11.6 Å². The van der Waals surface area contributed by atoms with E-state index in [1.54, 1.807) is 17.9 Å². The van der Waals surface area contributed by atoms with Gasteiger partial charge in [0.2, 0.25) is 5.91 Å². The van der Waals surface area contributed by atoms with Gasteiger partial charge in [-0.1, -0.05) is 6.07 Å². The molecule has 0 bridgehead atoms. The zero-order valence-electron chi connectivity index (χ0n) is 11.8. The van der Waals surface area contributed by atoms with Gasteiger partial charge in [0.25, 0.3) is 5.91 Å². The molecular formula is C15H18ClFN2O2. The first-order chi connectivity index (χ1) is 9.97. The van der Waals surface area contributed by atoms with Crippen LogP contribution in [0, 0.1) is 5.82 Å². The van der Waals surface area contributed by atoms with Crippen LogP contribution in [-0.4, -0.2) is 41.2 Å². The fourth-order valence-electron chi connectivity index (χ4n) is 2.39. The Morgan fingerprint density at radius 2 is 2.05 bits per heavy atom. The molecule has 1 heterocycles. The van der Waals surface area contributed by atoms with Gasteiger partial charge in [-0.05, 0) is 38.0 Å². The highest BCUT2D eigenvalue weighted by molar-refractivity contribution is 6.30. The molecule has 2 rings (SSSR count). The second kappa shape index (κ2) is 6.89. The molecule has 21 heavy (non-hydrogen) atoms. The van der Waals surface area contributed by atoms with Gasteiger partial charge in [-0.2, -0.15) is 0 Å². The number of benzene rings is 1. The van der Waals surface area contributed by atoms with Crippen molar-refractivity contribution in [3.05, 3.63) is 35.6 Å². The van der Waals surface area contributed by atoms with Crippen LogP contribution in [0.1, 0.15) is 30.1 Å². The molecule has 4 nitrogen and oxygen atoms in total. The highest BCUT2D eigenvalue weighted by Gasteiger charge is 2.26. The number of carbonyl (C=O) groups excluding carboxylic acids is 2. The number of rotatable bonds is 3. The summed E-state index contributed by atoms with van der Waals surface area (Å²) in [6, 6.07) is 5.59. The molecule has 1 aromatic carbocycles. The maximum atomic E-state index is 13.1. The molecule has 1 saturated heterocycles. The number of amides is 2. The summed E-state index contributed by atoms with van der Waals surface area (Å²) in [5.74, 6) is -0.796. The summed E-state index contributed by atoms with van der Waals surface area (Å²) in [6.07, 6.45) is 1.35. The number of nitrogens with zero attached hydrogens (tertiary/aromatic N) is 1. The summed E-state index contributed by atoms with van der Waals surface area (Å²) < 4.78 is 13.1. The number of nitrogens with one attached hydrogen (secondary N) is 1. The minimum Gasteiger partial charge on any atom is -0.349 e. The topological polar surface area (TPSA) is 49.4 Å². The smallest absolute Gasteiger partial charge is 0.251 e. The Balaban J connectivity index is 1.86. The Bertz CT molecular complexity index is 528. The molecule has 1 aromatic rings. The standard InChI is InChI=1S/C15H18ClFN2O2/c1-10(16)15(21)19-7-5-13(6-8-19)18-14(20)11-3-2-4-12(17)9-11/h2-4,9-10,13H,5-8H2,1H3,(H,18,20). The summed E-state index contributed by atoms with van der Waals surface area (Å²) in [5, 5.41) is 2.35. The first-order valence-corrected chi connectivity index (χ1v) is 7.40. The SMILES string of the molecule is CC(Cl)C(=O)N1CCC(NC(=O)c2cccc(F)c2)CC1. The van der Waals surface area contributed by atoms with Crippen molar-refractivity contribution >= 4 is 23.4 Å². The summed E-state index contributed by atoms with van der Waals surface area (Å²) in [4.78, 5) is 25.5. The minimum atomic E-state index is -0.525. The van der Waals surface area contributed by atoms with Gasteiger partial charge in [0.15, 0.2) is 0 Å². The van der Waals surface area contributed by atoms with Crippen molar-refractivity contribution in [2.45, 2.75) is 31.2 Å². The number of carbonyl (C=O) groups is 2. The monoisotopic (exact) mass is 312 g/mol. The summed E-state index contributed by atoms with van der Waals surface area (Å²) in [7, 11) is 0. The van der Waals surface area contributed by atoms with Crippen LogP contribution in [0.3, 0.4) is 0 Å². The highest BCUT2D eigenvalue weighted by atomic mass is 35.5. The van der Waals surface area contributed by atoms with Crippen LogP contribution >= 0.6 is 11.6 Å². The fourth-order valence-corrected chi connectivity index (χ4v) is 2.53. The van der Waals surface area contributed by atoms with Gasteiger partial charge in [-0.25, -0.2) is 4.39 Å². The first-order valence-electron chi connectivity index (χ1n) is 6.96. The molecule has 1 unspecified atom stereocenters. The maximum absolute atomic E-state index is 13.1. The average molecular weight is 313 g/mol. The second-order valence-electron chi connectivity index (χ2n) is 5.20. The van der Waals surface area contributed by atoms with E-state index in [0.29, 0.717) is 31.5 Å². The van der Waals surface area contributed by atoms with E-state index in [0.717, 1.165) is 0 Å². The van der Waals surface area contributed by atoms with Crippen LogP contribution in [0.4, 0.5) is 4.39 Å². The molecule has 1 aliphatic rings. The number of hydrogen-bond acceptors (Lipinski definition) is 2. The average Bonchev–Trinajstić information content (AvgIpc) is 2.47. The van der Waals surface area contributed by atoms with Crippen LogP contribution in [-0.2, 0) is 4.79 Å². The summed E-state index contributed by atoms with van der Waals surface area (Å²) in [5.41, 5.74) is 0.308. The lowest BCUT2D eigenvalue weighted by atomic mass is 10.0. The molecule has 0 radical (unpaired) electrons. The third kappa shape index (κ3) is 4.17. The van der Waals surface area contributed by atoms with Gasteiger partial charge in [0.05, 0.1) is 0 Å². The second-order valence-corrected chi connectivity index (χ2v) is 5.85. The van der Waals surface area contributed by atoms with Crippen molar-refractivity contribution in [2.75, 3.05) is 13.1 Å². The van der Waals surface area contributed by atoms with E-state index in [1.807, 2.05) is 0 Å². The van der Waals surface area contributed by atoms with Crippen LogP contribution in [0.2, 0.25) is 0 Å². The van der Waals surface area contributed by atoms with E-state index >= 15 is 0 Å². The van der Waals surface area contributed by atoms with E-state index in [9.17, 15) is 14.0 Å². The quantitative estimate of drug-likeness (QED) is 0.870. The van der Waals surface area contributed by atoms with Crippen molar-refractivity contribution in [1.82, 2.24) is 10.2 Å². The van der Waals surface area contributed by atoms with Gasteiger partial charge < -0.3 is 10.2 Å². The lowest BCUT2D eigenvalue weighted by Crippen LogP contribution is -2.48. The Hall–Kier alpha value is -1.62. The van der Waals surface area contributed by atoms with Crippen molar-refractivity contribution < 1.29 is 14.0 Å². The fraction of sp³-hybridized carbons (Fsp3) is 0.467. The molecule has 1 fully saturated rings. The molecule has 1 N–H and O–H groups in total. The molecule has 6 heteroatoms. The maximum Gasteiger partial charge on any atom is 0.251 e. The Labute approximate surface area is 128 Å². The number of piperidine rings is 1. The molecule has 0 aliphatic carbocycles. The Kier molecular flexibility index (Phi) is 5.17. The van der Waals surface area contributed by atoms with E-state index in [-0.39, 0.29) is 17.9 Å². The van der Waals surface area contributed by atoms with E-state index < -0.39 is 11.2 Å². The minimum absolute atomic E-state index is 0.00421. The third-order valence-corrected chi connectivity index (χ3v) is 3.76. The molecule has 114 valence electrons. The van der Waals surface area contributed by atoms with Crippen LogP contribution in [0.5, 0.6) is 0 Å². The first kappa shape index (κ1) is 15.8. The van der Waals surface area contributed by atoms with Crippen molar-refractivity contribution in [2.24, 2.45) is 0 Å². The lowest BCUT2D eigenvalue weighted by molar-refractivity contribution is -0.131. The van der Waals surface area contributed by atoms with Crippen molar-refractivity contribution in [3.63, 3.8) is 0 Å². The van der Waals surface area contributed by atoms with Gasteiger partial charge in [0.1, 0.15) is 11.2 Å². The van der Waals surface area contributed by atoms with E-state index in [1.165, 1.54) is 18.2 Å². The molecule has 1 atom stereocenters. The summed E-state index contributed by atoms with van der Waals surface area (Å²) in [6.45, 7) is 2.80. The molecule has 0 saturated carbocycles. The summed E-state index contributed by atoms with van der Waals surface area (Å²) >= 11 is 5.78. The number of hydrogen-bond donors (Lipinski definition) is 1. The number of halogens is 2. The highest BCUT2D eigenvalue weighted by Crippen LogP contribution is 2.14. The number of likely N-dealkylation sites (tertiary alicyclic amines) is 1. The zero-order chi connectivity index (χ0) is 15.4. The Morgan fingerprint density at radius 1 is 1.38 bits per heavy atom. The third-order valence-electron chi connectivity index (χ3n) is 3.57. The molecular weight excluding hydrogens is 295 g/mol. The zero-order valence-corrected chi connectivity index (χ0v) is 12.6. The predicted octanol–water partition coefficient (Wildman–Crippen LogP) is 2.17. The van der Waals surface area contributed by atoms with Gasteiger partial charge in [-0.3, -0.25) is 9.59 Å². The van der Waals surface area contributed by atoms with Gasteiger partial charge in [-0.15, -0.1) is 11.6 Å². The molecule has 0 aromatic heterocycles. The largest absolute Gasteiger partial charge is 0.349 e. The normalized spacial score (nSPS) is 17.4. The van der Waals surface area contributed by atoms with Crippen molar-refractivity contribution in [1.29, 1.82) is 0 Å². The Morgan fingerprint density at radius 3 is 2.62 bits per heavy atom. The predicted molar refractivity (Wildman–Crippen MR) is 78.8 cm³/mol. The van der Waals surface area contributed by atoms with Gasteiger partial charge in [0, 0.05) is 24.7 Å². The van der Waals surface area contributed by atoms with Crippen molar-refractivity contribution in [3.8, 4) is 0 Å². The van der Waals surface area contributed by atoms with E-state index in [2.05, 4.69) is 5.32 Å². The molecule has 0 spiro atoms. The van der Waals surface area contributed by atoms with Crippen LogP contribution in [0.15, 0.2) is 24.3 Å². The molecule has 1 aliphatic heterocycles. The van der Waals surface area contributed by atoms with Crippen LogP contribution < -0.4 is 5.32 Å². The molecule has 2 amide bonds. The van der Waals surface area contributed by atoms with Gasteiger partial charge >= 0.3 is 0 Å².